The number of nitrogens with one attached hydrogen (secondary N) is 1. The molecule has 0 spiro atoms. The molecule has 0 atom stereocenters. The predicted molar refractivity (Wildman–Crippen MR) is 115 cm³/mol. The molecule has 174 valence electrons. The maximum Gasteiger partial charge on any atom is 0.573 e. The van der Waals surface area contributed by atoms with Crippen LogP contribution in [0, 0.1) is 0 Å². The Morgan fingerprint density at radius 1 is 1.03 bits per heavy atom. The summed E-state index contributed by atoms with van der Waals surface area (Å²) in [6.45, 7) is 4.40. The minimum absolute atomic E-state index is 0. The zero-order chi connectivity index (χ0) is 20.7. The molecule has 7 nitrogen and oxygen atoms in total. The molecular formula is C20H28F3N3O4S. The van der Waals surface area contributed by atoms with E-state index in [2.05, 4.69) is 15.0 Å². The monoisotopic (exact) mass is 463 g/mol. The van der Waals surface area contributed by atoms with Crippen LogP contribution in [0.15, 0.2) is 41.8 Å². The molecule has 1 aromatic carbocycles. The number of hydrogen-bond donors (Lipinski definition) is 1. The van der Waals surface area contributed by atoms with E-state index < -0.39 is 6.36 Å². The van der Waals surface area contributed by atoms with E-state index in [0.717, 1.165) is 37.4 Å². The number of amides is 1. The zero-order valence-corrected chi connectivity index (χ0v) is 17.8. The first-order valence-electron chi connectivity index (χ1n) is 9.56. The van der Waals surface area contributed by atoms with Crippen molar-refractivity contribution in [2.45, 2.75) is 19.2 Å². The second-order valence-electron chi connectivity index (χ2n) is 6.78. The van der Waals surface area contributed by atoms with Gasteiger partial charge in [-0.05, 0) is 43.0 Å². The molecule has 0 aliphatic carbocycles. The molecule has 1 fully saturated rings. The molecule has 2 aromatic rings. The summed E-state index contributed by atoms with van der Waals surface area (Å²) in [5.41, 5.74) is 0.473. The zero-order valence-electron chi connectivity index (χ0n) is 17.0. The van der Waals surface area contributed by atoms with Gasteiger partial charge in [-0.15, -0.1) is 24.5 Å². The lowest BCUT2D eigenvalue weighted by Gasteiger charge is -2.36. The minimum Gasteiger partial charge on any atom is -0.412 e. The number of unbranched alkanes of at least 4 members (excludes halogenated alkanes) is 1. The number of thiophene rings is 1. The van der Waals surface area contributed by atoms with E-state index in [1.807, 2.05) is 16.3 Å². The highest BCUT2D eigenvalue weighted by molar-refractivity contribution is 7.12. The van der Waals surface area contributed by atoms with Crippen molar-refractivity contribution in [1.29, 1.82) is 0 Å². The average Bonchev–Trinajstić information content (AvgIpc) is 3.22. The van der Waals surface area contributed by atoms with Gasteiger partial charge in [0.25, 0.3) is 5.91 Å². The van der Waals surface area contributed by atoms with Gasteiger partial charge in [0.2, 0.25) is 0 Å². The fourth-order valence-corrected chi connectivity index (χ4v) is 3.94. The first-order chi connectivity index (χ1) is 13.9. The summed E-state index contributed by atoms with van der Waals surface area (Å²) in [5, 5.41) is 4.79. The highest BCUT2D eigenvalue weighted by atomic mass is 32.1. The van der Waals surface area contributed by atoms with Crippen LogP contribution in [0.5, 0.6) is 5.75 Å². The molecule has 1 amide bonds. The van der Waals surface area contributed by atoms with Gasteiger partial charge in [-0.25, -0.2) is 0 Å². The third-order valence-corrected chi connectivity index (χ3v) is 5.60. The Balaban J connectivity index is 0.00000240. The maximum atomic E-state index is 12.6. The Hall–Kier alpha value is -2.34. The van der Waals surface area contributed by atoms with Gasteiger partial charge >= 0.3 is 6.36 Å². The number of halogens is 3. The standard InChI is InChI=1S/C20H24F3N3O2S.2H2O/c21-20(22,23)28-17-7-2-1-6-16(17)26-13-11-25(12-14-26)10-4-3-9-24-19(27)18-8-5-15-29-18;;/h1-2,5-8,15H,3-4,9-14H2,(H,24,27);2*1H2. The van der Waals surface area contributed by atoms with Crippen LogP contribution in [0.1, 0.15) is 22.5 Å². The van der Waals surface area contributed by atoms with Crippen LogP contribution >= 0.6 is 11.3 Å². The second kappa shape index (κ2) is 12.5. The quantitative estimate of drug-likeness (QED) is 0.606. The Morgan fingerprint density at radius 3 is 2.39 bits per heavy atom. The van der Waals surface area contributed by atoms with Crippen molar-refractivity contribution in [3.8, 4) is 5.75 Å². The number of carbonyl (C=O) groups is 1. The van der Waals surface area contributed by atoms with Crippen LogP contribution in [-0.2, 0) is 0 Å². The van der Waals surface area contributed by atoms with Crippen LogP contribution < -0.4 is 15.0 Å². The van der Waals surface area contributed by atoms with Crippen molar-refractivity contribution in [3.05, 3.63) is 46.7 Å². The molecule has 0 saturated carbocycles. The normalized spacial score (nSPS) is 14.4. The molecule has 1 saturated heterocycles. The van der Waals surface area contributed by atoms with Crippen molar-refractivity contribution in [1.82, 2.24) is 10.2 Å². The summed E-state index contributed by atoms with van der Waals surface area (Å²) in [7, 11) is 0. The molecule has 2 heterocycles. The number of rotatable bonds is 8. The minimum atomic E-state index is -4.70. The van der Waals surface area contributed by atoms with E-state index in [-0.39, 0.29) is 22.6 Å². The predicted octanol–water partition coefficient (Wildman–Crippen LogP) is 2.33. The first kappa shape index (κ1) is 26.7. The van der Waals surface area contributed by atoms with E-state index in [1.165, 1.54) is 23.5 Å². The number of nitrogens with zero attached hydrogens (tertiary/aromatic N) is 2. The summed E-state index contributed by atoms with van der Waals surface area (Å²) < 4.78 is 42.0. The Bertz CT molecular complexity index is 782. The molecule has 11 heteroatoms. The topological polar surface area (TPSA) is 108 Å². The largest absolute Gasteiger partial charge is 0.573 e. The number of piperazine rings is 1. The van der Waals surface area contributed by atoms with Gasteiger partial charge in [0.05, 0.1) is 10.6 Å². The number of anilines is 1. The van der Waals surface area contributed by atoms with Crippen molar-refractivity contribution in [2.75, 3.05) is 44.2 Å². The van der Waals surface area contributed by atoms with Gasteiger partial charge in [0.15, 0.2) is 5.75 Å². The first-order valence-corrected chi connectivity index (χ1v) is 10.4. The van der Waals surface area contributed by atoms with Crippen LogP contribution in [0.3, 0.4) is 0 Å². The number of hydrogen-bond acceptors (Lipinski definition) is 5. The van der Waals surface area contributed by atoms with Crippen molar-refractivity contribution in [2.24, 2.45) is 0 Å². The van der Waals surface area contributed by atoms with E-state index >= 15 is 0 Å². The third-order valence-electron chi connectivity index (χ3n) is 4.74. The molecule has 0 unspecified atom stereocenters. The van der Waals surface area contributed by atoms with Crippen LogP contribution in [0.4, 0.5) is 18.9 Å². The highest BCUT2D eigenvalue weighted by Crippen LogP contribution is 2.33. The number of ether oxygens (including phenoxy) is 1. The summed E-state index contributed by atoms with van der Waals surface area (Å²) in [4.78, 5) is 16.8. The third kappa shape index (κ3) is 8.37. The van der Waals surface area contributed by atoms with Gasteiger partial charge in [-0.3, -0.25) is 9.69 Å². The number of benzene rings is 1. The van der Waals surface area contributed by atoms with Crippen LogP contribution in [0.2, 0.25) is 0 Å². The van der Waals surface area contributed by atoms with E-state index in [0.29, 0.717) is 25.3 Å². The van der Waals surface area contributed by atoms with Crippen LogP contribution in [-0.4, -0.2) is 67.4 Å². The molecule has 1 aliphatic heterocycles. The summed E-state index contributed by atoms with van der Waals surface area (Å²) in [6, 6.07) is 9.92. The van der Waals surface area contributed by atoms with Crippen molar-refractivity contribution in [3.63, 3.8) is 0 Å². The lowest BCUT2D eigenvalue weighted by Crippen LogP contribution is -2.46. The molecule has 0 radical (unpaired) electrons. The molecule has 1 aliphatic rings. The van der Waals surface area contributed by atoms with E-state index in [9.17, 15) is 18.0 Å². The maximum absolute atomic E-state index is 12.6. The summed E-state index contributed by atoms with van der Waals surface area (Å²) in [5.74, 6) is -0.191. The number of carbonyl (C=O) groups excluding carboxylic acids is 1. The van der Waals surface area contributed by atoms with Crippen molar-refractivity contribution < 1.29 is 33.7 Å². The van der Waals surface area contributed by atoms with Gasteiger partial charge in [0.1, 0.15) is 0 Å². The number of para-hydroxylation sites is 2. The van der Waals surface area contributed by atoms with Gasteiger partial charge in [0, 0.05) is 32.7 Å². The Labute approximate surface area is 183 Å². The van der Waals surface area contributed by atoms with Crippen molar-refractivity contribution >= 4 is 22.9 Å². The lowest BCUT2D eigenvalue weighted by molar-refractivity contribution is -0.274. The average molecular weight is 464 g/mol. The summed E-state index contributed by atoms with van der Waals surface area (Å²) in [6.07, 6.45) is -2.85. The summed E-state index contributed by atoms with van der Waals surface area (Å²) >= 11 is 1.42. The SMILES string of the molecule is O.O.O=C(NCCCCN1CCN(c2ccccc2OC(F)(F)F)CC1)c1cccs1. The fourth-order valence-electron chi connectivity index (χ4n) is 3.30. The van der Waals surface area contributed by atoms with Gasteiger partial charge < -0.3 is 25.9 Å². The smallest absolute Gasteiger partial charge is 0.412 e. The molecule has 0 bridgehead atoms. The second-order valence-corrected chi connectivity index (χ2v) is 7.73. The lowest BCUT2D eigenvalue weighted by atomic mass is 10.2. The molecule has 1 aromatic heterocycles. The Kier molecular flexibility index (Phi) is 10.8. The molecule has 5 N–H and O–H groups in total. The van der Waals surface area contributed by atoms with Gasteiger partial charge in [-0.2, -0.15) is 0 Å². The molecule has 31 heavy (non-hydrogen) atoms. The fraction of sp³-hybridized carbons (Fsp3) is 0.450. The molecule has 3 rings (SSSR count). The van der Waals surface area contributed by atoms with Gasteiger partial charge in [-0.1, -0.05) is 18.2 Å². The van der Waals surface area contributed by atoms with E-state index in [4.69, 9.17) is 0 Å². The molecular weight excluding hydrogens is 435 g/mol. The highest BCUT2D eigenvalue weighted by Gasteiger charge is 2.33. The van der Waals surface area contributed by atoms with Crippen LogP contribution in [0.25, 0.3) is 0 Å². The Morgan fingerprint density at radius 2 is 1.74 bits per heavy atom. The van der Waals surface area contributed by atoms with E-state index in [1.54, 1.807) is 18.2 Å². The number of alkyl halides is 3.